The smallest absolute Gasteiger partial charge is 0.125 e. The molecule has 0 saturated carbocycles. The van der Waals surface area contributed by atoms with Crippen molar-refractivity contribution in [2.45, 2.75) is 12.8 Å². The number of ether oxygens (including phenoxy) is 1. The SMILES string of the molecule is Clc1ccc(NCCC2CCOC2)nc1. The molecule has 1 aromatic heterocycles. The Morgan fingerprint density at radius 2 is 2.47 bits per heavy atom. The highest BCUT2D eigenvalue weighted by Crippen LogP contribution is 2.16. The first-order valence-electron chi connectivity index (χ1n) is 5.28. The van der Waals surface area contributed by atoms with Crippen LogP contribution < -0.4 is 5.32 Å². The van der Waals surface area contributed by atoms with E-state index in [0.717, 1.165) is 32.0 Å². The lowest BCUT2D eigenvalue weighted by atomic mass is 10.1. The second-order valence-electron chi connectivity index (χ2n) is 3.81. The maximum Gasteiger partial charge on any atom is 0.125 e. The molecular formula is C11H15ClN2O. The molecule has 1 unspecified atom stereocenters. The summed E-state index contributed by atoms with van der Waals surface area (Å²) in [6.07, 6.45) is 3.99. The quantitative estimate of drug-likeness (QED) is 0.857. The van der Waals surface area contributed by atoms with Crippen LogP contribution in [0.1, 0.15) is 12.8 Å². The molecule has 0 aromatic carbocycles. The van der Waals surface area contributed by atoms with Gasteiger partial charge in [0.25, 0.3) is 0 Å². The summed E-state index contributed by atoms with van der Waals surface area (Å²) < 4.78 is 5.31. The minimum Gasteiger partial charge on any atom is -0.381 e. The van der Waals surface area contributed by atoms with Crippen LogP contribution in [0.5, 0.6) is 0 Å². The number of hydrogen-bond donors (Lipinski definition) is 1. The number of aromatic nitrogens is 1. The van der Waals surface area contributed by atoms with Crippen LogP contribution in [0.4, 0.5) is 5.82 Å². The van der Waals surface area contributed by atoms with E-state index < -0.39 is 0 Å². The Kier molecular flexibility index (Phi) is 3.80. The summed E-state index contributed by atoms with van der Waals surface area (Å²) in [6, 6.07) is 3.74. The molecule has 0 spiro atoms. The van der Waals surface area contributed by atoms with Crippen molar-refractivity contribution in [2.24, 2.45) is 5.92 Å². The fourth-order valence-corrected chi connectivity index (χ4v) is 1.81. The topological polar surface area (TPSA) is 34.1 Å². The molecule has 1 aromatic rings. The molecule has 15 heavy (non-hydrogen) atoms. The molecule has 82 valence electrons. The minimum atomic E-state index is 0.671. The van der Waals surface area contributed by atoms with Crippen molar-refractivity contribution in [3.8, 4) is 0 Å². The van der Waals surface area contributed by atoms with Gasteiger partial charge in [-0.2, -0.15) is 0 Å². The predicted octanol–water partition coefficient (Wildman–Crippen LogP) is 2.57. The van der Waals surface area contributed by atoms with Crippen LogP contribution in [0, 0.1) is 5.92 Å². The maximum absolute atomic E-state index is 5.74. The van der Waals surface area contributed by atoms with Gasteiger partial charge in [0.05, 0.1) is 5.02 Å². The molecule has 0 amide bonds. The van der Waals surface area contributed by atoms with Crippen LogP contribution in [0.25, 0.3) is 0 Å². The lowest BCUT2D eigenvalue weighted by Crippen LogP contribution is -2.09. The second kappa shape index (κ2) is 5.33. The van der Waals surface area contributed by atoms with Gasteiger partial charge in [0.2, 0.25) is 0 Å². The number of halogens is 1. The normalized spacial score (nSPS) is 20.5. The largest absolute Gasteiger partial charge is 0.381 e. The summed E-state index contributed by atoms with van der Waals surface area (Å²) in [6.45, 7) is 2.78. The van der Waals surface area contributed by atoms with Crippen LogP contribution >= 0.6 is 11.6 Å². The summed E-state index contributed by atoms with van der Waals surface area (Å²) in [5.41, 5.74) is 0. The monoisotopic (exact) mass is 226 g/mol. The van der Waals surface area contributed by atoms with E-state index in [0.29, 0.717) is 10.9 Å². The Hall–Kier alpha value is -0.800. The first-order chi connectivity index (χ1) is 7.34. The van der Waals surface area contributed by atoms with E-state index in [1.165, 1.54) is 6.42 Å². The number of rotatable bonds is 4. The average molecular weight is 227 g/mol. The van der Waals surface area contributed by atoms with Crippen molar-refractivity contribution < 1.29 is 4.74 Å². The summed E-state index contributed by atoms with van der Waals surface area (Å²) in [5, 5.41) is 3.94. The van der Waals surface area contributed by atoms with Gasteiger partial charge in [-0.05, 0) is 30.9 Å². The van der Waals surface area contributed by atoms with Crippen LogP contribution in [0.15, 0.2) is 18.3 Å². The molecule has 2 rings (SSSR count). The summed E-state index contributed by atoms with van der Waals surface area (Å²) in [5.74, 6) is 1.60. The molecule has 1 atom stereocenters. The van der Waals surface area contributed by atoms with Crippen LogP contribution in [-0.2, 0) is 4.74 Å². The highest BCUT2D eigenvalue weighted by molar-refractivity contribution is 6.30. The van der Waals surface area contributed by atoms with Crippen molar-refractivity contribution in [3.63, 3.8) is 0 Å². The lowest BCUT2D eigenvalue weighted by Gasteiger charge is -2.08. The Morgan fingerprint density at radius 3 is 3.13 bits per heavy atom. The Bertz CT molecular complexity index is 296. The zero-order valence-electron chi connectivity index (χ0n) is 8.58. The standard InChI is InChI=1S/C11H15ClN2O/c12-10-1-2-11(14-7-10)13-5-3-9-4-6-15-8-9/h1-2,7,9H,3-6,8H2,(H,13,14). The van der Waals surface area contributed by atoms with Crippen molar-refractivity contribution in [1.82, 2.24) is 4.98 Å². The molecular weight excluding hydrogens is 212 g/mol. The van der Waals surface area contributed by atoms with Crippen molar-refractivity contribution in [2.75, 3.05) is 25.1 Å². The van der Waals surface area contributed by atoms with Crippen molar-refractivity contribution >= 4 is 17.4 Å². The van der Waals surface area contributed by atoms with E-state index in [9.17, 15) is 0 Å². The van der Waals surface area contributed by atoms with Crippen molar-refractivity contribution in [3.05, 3.63) is 23.4 Å². The number of nitrogens with zero attached hydrogens (tertiary/aromatic N) is 1. The van der Waals surface area contributed by atoms with Crippen LogP contribution in [-0.4, -0.2) is 24.7 Å². The molecule has 1 aliphatic rings. The van der Waals surface area contributed by atoms with E-state index in [1.54, 1.807) is 6.20 Å². The molecule has 1 aliphatic heterocycles. The van der Waals surface area contributed by atoms with Crippen LogP contribution in [0.3, 0.4) is 0 Å². The Morgan fingerprint density at radius 1 is 1.53 bits per heavy atom. The van der Waals surface area contributed by atoms with Crippen LogP contribution in [0.2, 0.25) is 5.02 Å². The van der Waals surface area contributed by atoms with Gasteiger partial charge in [-0.1, -0.05) is 11.6 Å². The first-order valence-corrected chi connectivity index (χ1v) is 5.65. The number of anilines is 1. The second-order valence-corrected chi connectivity index (χ2v) is 4.24. The zero-order valence-corrected chi connectivity index (χ0v) is 9.33. The molecule has 1 N–H and O–H groups in total. The lowest BCUT2D eigenvalue weighted by molar-refractivity contribution is 0.185. The third kappa shape index (κ3) is 3.36. The maximum atomic E-state index is 5.74. The van der Waals surface area contributed by atoms with Gasteiger partial charge < -0.3 is 10.1 Å². The average Bonchev–Trinajstić information content (AvgIpc) is 2.74. The molecule has 1 saturated heterocycles. The number of pyridine rings is 1. The molecule has 3 nitrogen and oxygen atoms in total. The van der Waals surface area contributed by atoms with Gasteiger partial charge in [-0.3, -0.25) is 0 Å². The van der Waals surface area contributed by atoms with E-state index in [-0.39, 0.29) is 0 Å². The Labute approximate surface area is 94.8 Å². The molecule has 0 aliphatic carbocycles. The van der Waals surface area contributed by atoms with Gasteiger partial charge in [0.1, 0.15) is 5.82 Å². The number of nitrogens with one attached hydrogen (secondary N) is 1. The Balaban J connectivity index is 1.71. The van der Waals surface area contributed by atoms with Crippen molar-refractivity contribution in [1.29, 1.82) is 0 Å². The molecule has 0 bridgehead atoms. The van der Waals surface area contributed by atoms with Gasteiger partial charge in [0, 0.05) is 26.0 Å². The van der Waals surface area contributed by atoms with E-state index in [2.05, 4.69) is 10.3 Å². The van der Waals surface area contributed by atoms with E-state index >= 15 is 0 Å². The fourth-order valence-electron chi connectivity index (χ4n) is 1.70. The third-order valence-corrected chi connectivity index (χ3v) is 2.83. The zero-order chi connectivity index (χ0) is 10.5. The summed E-state index contributed by atoms with van der Waals surface area (Å²) >= 11 is 5.74. The van der Waals surface area contributed by atoms with Gasteiger partial charge in [-0.15, -0.1) is 0 Å². The third-order valence-electron chi connectivity index (χ3n) is 2.61. The van der Waals surface area contributed by atoms with Gasteiger partial charge >= 0.3 is 0 Å². The molecule has 0 radical (unpaired) electrons. The number of hydrogen-bond acceptors (Lipinski definition) is 3. The first kappa shape index (κ1) is 10.7. The van der Waals surface area contributed by atoms with Gasteiger partial charge in [0.15, 0.2) is 0 Å². The van der Waals surface area contributed by atoms with E-state index in [4.69, 9.17) is 16.3 Å². The van der Waals surface area contributed by atoms with E-state index in [1.807, 2.05) is 12.1 Å². The molecule has 4 heteroatoms. The molecule has 2 heterocycles. The summed E-state index contributed by atoms with van der Waals surface area (Å²) in [7, 11) is 0. The predicted molar refractivity (Wildman–Crippen MR) is 61.3 cm³/mol. The highest BCUT2D eigenvalue weighted by Gasteiger charge is 2.14. The highest BCUT2D eigenvalue weighted by atomic mass is 35.5. The fraction of sp³-hybridized carbons (Fsp3) is 0.545. The minimum absolute atomic E-state index is 0.671. The summed E-state index contributed by atoms with van der Waals surface area (Å²) in [4.78, 5) is 4.17. The van der Waals surface area contributed by atoms with Gasteiger partial charge in [-0.25, -0.2) is 4.98 Å². The molecule has 1 fully saturated rings.